The van der Waals surface area contributed by atoms with Crippen LogP contribution in [0.3, 0.4) is 0 Å². The Bertz CT molecular complexity index is 1570. The number of rotatable bonds is 13. The molecule has 0 bridgehead atoms. The number of aliphatic hydroxyl groups is 5. The summed E-state index contributed by atoms with van der Waals surface area (Å²) in [4.78, 5) is 24.6. The molecule has 3 aromatic carbocycles. The molecule has 240 valence electrons. The maximum Gasteiger partial charge on any atom is 0.335 e. The molecule has 4 aromatic rings. The lowest BCUT2D eigenvalue weighted by Crippen LogP contribution is -2.48. The highest BCUT2D eigenvalue weighted by atomic mass is 32.1. The van der Waals surface area contributed by atoms with Gasteiger partial charge in [-0.05, 0) is 54.9 Å². The van der Waals surface area contributed by atoms with Crippen molar-refractivity contribution in [2.75, 3.05) is 34.4 Å². The number of hydrogen-bond acceptors (Lipinski definition) is 11. The lowest BCUT2D eigenvalue weighted by atomic mass is 10.0. The normalized spacial score (nSPS) is 13.9. The zero-order valence-corrected chi connectivity index (χ0v) is 25.8. The van der Waals surface area contributed by atoms with E-state index in [-0.39, 0.29) is 17.9 Å². The van der Waals surface area contributed by atoms with Gasteiger partial charge in [0.1, 0.15) is 29.8 Å². The second-order valence-electron chi connectivity index (χ2n) is 9.88. The molecule has 0 spiro atoms. The molecule has 4 atom stereocenters. The number of likely N-dealkylation sites (N-methyl/N-ethyl adjacent to an activating group) is 1. The summed E-state index contributed by atoms with van der Waals surface area (Å²) >= 11 is 1.67. The zero-order chi connectivity index (χ0) is 33.1. The topological polar surface area (TPSA) is 186 Å². The minimum atomic E-state index is -1.55. The SMILES string of the molecule is CNC[C@H](O)[C@@H](O)[C@H](O)[C@H](O)CO.COc1cc(OC)c(-c2cc3ccccc3s2)cc1/C=C/C(=O)c1ccc(C(=O)O)cc1. The van der Waals surface area contributed by atoms with Gasteiger partial charge >= 0.3 is 5.97 Å². The lowest BCUT2D eigenvalue weighted by molar-refractivity contribution is -0.113. The van der Waals surface area contributed by atoms with E-state index in [4.69, 9.17) is 35.0 Å². The maximum atomic E-state index is 12.6. The van der Waals surface area contributed by atoms with E-state index in [0.29, 0.717) is 17.1 Å². The summed E-state index contributed by atoms with van der Waals surface area (Å²) in [5, 5.41) is 57.6. The van der Waals surface area contributed by atoms with Crippen molar-refractivity contribution in [2.45, 2.75) is 24.4 Å². The van der Waals surface area contributed by atoms with Crippen molar-refractivity contribution >= 4 is 39.3 Å². The van der Waals surface area contributed by atoms with Crippen molar-refractivity contribution in [1.82, 2.24) is 5.32 Å². The van der Waals surface area contributed by atoms with E-state index in [1.807, 2.05) is 24.3 Å². The van der Waals surface area contributed by atoms with Crippen molar-refractivity contribution in [3.63, 3.8) is 0 Å². The highest BCUT2D eigenvalue weighted by Crippen LogP contribution is 2.41. The lowest BCUT2D eigenvalue weighted by Gasteiger charge is -2.25. The third kappa shape index (κ3) is 9.19. The Morgan fingerprint density at radius 3 is 2.07 bits per heavy atom. The van der Waals surface area contributed by atoms with E-state index >= 15 is 0 Å². The minimum absolute atomic E-state index is 0.0936. The van der Waals surface area contributed by atoms with E-state index in [1.165, 1.54) is 35.0 Å². The first-order valence-corrected chi connectivity index (χ1v) is 14.6. The van der Waals surface area contributed by atoms with Gasteiger partial charge in [-0.15, -0.1) is 11.3 Å². The molecule has 0 saturated heterocycles. The van der Waals surface area contributed by atoms with Crippen LogP contribution in [0.4, 0.5) is 0 Å². The molecule has 1 aromatic heterocycles. The van der Waals surface area contributed by atoms with Gasteiger partial charge < -0.3 is 45.4 Å². The number of methoxy groups -OCH3 is 2. The van der Waals surface area contributed by atoms with Gasteiger partial charge in [-0.2, -0.15) is 0 Å². The highest BCUT2D eigenvalue weighted by molar-refractivity contribution is 7.22. The third-order valence-electron chi connectivity index (χ3n) is 6.81. The monoisotopic (exact) mass is 639 g/mol. The zero-order valence-electron chi connectivity index (χ0n) is 25.0. The molecule has 7 N–H and O–H groups in total. The van der Waals surface area contributed by atoms with Gasteiger partial charge in [0.25, 0.3) is 0 Å². The predicted molar refractivity (Wildman–Crippen MR) is 172 cm³/mol. The minimum Gasteiger partial charge on any atom is -0.496 e. The fraction of sp³-hybridized carbons (Fsp3) is 0.273. The van der Waals surface area contributed by atoms with Crippen molar-refractivity contribution in [3.05, 3.63) is 89.5 Å². The molecule has 45 heavy (non-hydrogen) atoms. The van der Waals surface area contributed by atoms with Crippen LogP contribution in [-0.2, 0) is 0 Å². The summed E-state index contributed by atoms with van der Waals surface area (Å²) in [5.74, 6) is -0.00220. The molecule has 0 unspecified atom stereocenters. The van der Waals surface area contributed by atoms with E-state index in [1.54, 1.807) is 38.7 Å². The van der Waals surface area contributed by atoms with Gasteiger partial charge in [0, 0.05) is 38.9 Å². The van der Waals surface area contributed by atoms with Crippen molar-refractivity contribution in [3.8, 4) is 21.9 Å². The molecule has 0 fully saturated rings. The fourth-order valence-corrected chi connectivity index (χ4v) is 5.38. The number of nitrogens with one attached hydrogen (secondary N) is 1. The van der Waals surface area contributed by atoms with Crippen LogP contribution in [0.1, 0.15) is 26.3 Å². The van der Waals surface area contributed by atoms with Crippen LogP contribution in [0, 0.1) is 0 Å². The van der Waals surface area contributed by atoms with Crippen LogP contribution in [-0.4, -0.2) is 101 Å². The first kappa shape index (κ1) is 35.3. The Morgan fingerprint density at radius 1 is 0.867 bits per heavy atom. The molecular formula is C33H37NO10S. The second-order valence-corrected chi connectivity index (χ2v) is 11.0. The first-order chi connectivity index (χ1) is 21.5. The van der Waals surface area contributed by atoms with Gasteiger partial charge in [0.05, 0.1) is 32.5 Å². The average molecular weight is 640 g/mol. The number of fused-ring (bicyclic) bond motifs is 1. The Morgan fingerprint density at radius 2 is 1.49 bits per heavy atom. The average Bonchev–Trinajstić information content (AvgIpc) is 3.50. The van der Waals surface area contributed by atoms with E-state index in [9.17, 15) is 14.7 Å². The Hall–Kier alpha value is -4.14. The van der Waals surface area contributed by atoms with E-state index in [2.05, 4.69) is 23.5 Å². The molecule has 0 aliphatic rings. The van der Waals surface area contributed by atoms with E-state index in [0.717, 1.165) is 21.4 Å². The van der Waals surface area contributed by atoms with E-state index < -0.39 is 37.0 Å². The quantitative estimate of drug-likeness (QED) is 0.0843. The molecule has 0 saturated carbocycles. The number of allylic oxidation sites excluding steroid dienone is 1. The van der Waals surface area contributed by atoms with Gasteiger partial charge in [-0.1, -0.05) is 30.3 Å². The number of ketones is 1. The molecule has 11 nitrogen and oxygen atoms in total. The van der Waals surface area contributed by atoms with Crippen molar-refractivity contribution in [1.29, 1.82) is 0 Å². The maximum absolute atomic E-state index is 12.6. The summed E-state index contributed by atoms with van der Waals surface area (Å²) in [6.07, 6.45) is -2.50. The first-order valence-electron chi connectivity index (χ1n) is 13.8. The number of aliphatic hydroxyl groups excluding tert-OH is 5. The van der Waals surface area contributed by atoms with Gasteiger partial charge in [-0.25, -0.2) is 4.79 Å². The molecule has 0 aliphatic carbocycles. The van der Waals surface area contributed by atoms with Crippen LogP contribution in [0.25, 0.3) is 26.6 Å². The smallest absolute Gasteiger partial charge is 0.335 e. The van der Waals surface area contributed by atoms with Gasteiger partial charge in [-0.3, -0.25) is 4.79 Å². The standard InChI is InChI=1S/C26H20O5S.C7H17NO5/c1-30-22-15-23(31-2)20(25-14-19-5-3-4-6-24(19)32-25)13-18(22)11-12-21(27)16-7-9-17(10-8-16)26(28)29;1-8-2-4(10)6(12)7(13)5(11)3-9/h3-15H,1-2H3,(H,28,29);4-13H,2-3H2,1H3/b12-11+;/t;4-,5+,6+,7+/m.0/s1. The van der Waals surface area contributed by atoms with Crippen LogP contribution in [0.2, 0.25) is 0 Å². The summed E-state index contributed by atoms with van der Waals surface area (Å²) in [6.45, 7) is -0.569. The summed E-state index contributed by atoms with van der Waals surface area (Å²) in [6, 6.07) is 19.9. The van der Waals surface area contributed by atoms with Crippen molar-refractivity contribution < 1.29 is 49.7 Å². The highest BCUT2D eigenvalue weighted by Gasteiger charge is 2.29. The number of benzene rings is 3. The van der Waals surface area contributed by atoms with Crippen molar-refractivity contribution in [2.24, 2.45) is 0 Å². The fourth-order valence-electron chi connectivity index (χ4n) is 4.29. The molecule has 1 heterocycles. The van der Waals surface area contributed by atoms with Crippen LogP contribution < -0.4 is 14.8 Å². The second kappa shape index (κ2) is 16.8. The Labute approximate surface area is 264 Å². The number of thiophene rings is 1. The number of hydrogen-bond donors (Lipinski definition) is 7. The Kier molecular flexibility index (Phi) is 13.2. The molecule has 0 radical (unpaired) electrons. The number of carbonyl (C=O) groups excluding carboxylic acids is 1. The molecule has 0 amide bonds. The Balaban J connectivity index is 0.000000360. The van der Waals surface area contributed by atoms with Gasteiger partial charge in [0.2, 0.25) is 0 Å². The summed E-state index contributed by atoms with van der Waals surface area (Å²) < 4.78 is 12.3. The number of ether oxygens (including phenoxy) is 2. The molecule has 4 rings (SSSR count). The number of carbonyl (C=O) groups is 2. The number of carboxylic acid groups (broad SMARTS) is 1. The summed E-state index contributed by atoms with van der Waals surface area (Å²) in [7, 11) is 4.76. The van der Waals surface area contributed by atoms with Gasteiger partial charge in [0.15, 0.2) is 5.78 Å². The predicted octanol–water partition coefficient (Wildman–Crippen LogP) is 2.82. The third-order valence-corrected chi connectivity index (χ3v) is 7.96. The van der Waals surface area contributed by atoms with Crippen LogP contribution in [0.5, 0.6) is 11.5 Å². The molecule has 12 heteroatoms. The number of carboxylic acids is 1. The van der Waals surface area contributed by atoms with Crippen LogP contribution in [0.15, 0.2) is 72.8 Å². The molecular weight excluding hydrogens is 602 g/mol. The molecule has 0 aliphatic heterocycles. The largest absolute Gasteiger partial charge is 0.496 e. The van der Waals surface area contributed by atoms with Crippen LogP contribution >= 0.6 is 11.3 Å². The number of aromatic carboxylic acids is 1. The summed E-state index contributed by atoms with van der Waals surface area (Å²) in [5.41, 5.74) is 2.18.